The lowest BCUT2D eigenvalue weighted by atomic mass is 10.1. The molecule has 3 nitrogen and oxygen atoms in total. The van der Waals surface area contributed by atoms with E-state index in [9.17, 15) is 0 Å². The predicted octanol–water partition coefficient (Wildman–Crippen LogP) is 2.69. The summed E-state index contributed by atoms with van der Waals surface area (Å²) in [6.07, 6.45) is 4.17. The Bertz CT molecular complexity index is 563. The highest BCUT2D eigenvalue weighted by Crippen LogP contribution is 2.15. The van der Waals surface area contributed by atoms with Gasteiger partial charge in [-0.1, -0.05) is 18.2 Å². The number of aromatic nitrogens is 1. The SMILES string of the molecule is CNC(C)c1ccn(Cc2ccccc2C#N)c1. The van der Waals surface area contributed by atoms with Gasteiger partial charge in [0.15, 0.2) is 0 Å². The van der Waals surface area contributed by atoms with E-state index in [0.717, 1.165) is 17.7 Å². The second-order valence-corrected chi connectivity index (χ2v) is 4.40. The fraction of sp³-hybridized carbons (Fsp3) is 0.267. The highest BCUT2D eigenvalue weighted by molar-refractivity contribution is 5.37. The first-order chi connectivity index (χ1) is 8.74. The van der Waals surface area contributed by atoms with E-state index in [1.807, 2.05) is 31.3 Å². The molecule has 0 fully saturated rings. The van der Waals surface area contributed by atoms with Crippen molar-refractivity contribution in [2.24, 2.45) is 0 Å². The standard InChI is InChI=1S/C15H17N3/c1-12(17-2)14-7-8-18(10-14)11-15-6-4-3-5-13(15)9-16/h3-8,10,12,17H,11H2,1-2H3. The van der Waals surface area contributed by atoms with Crippen molar-refractivity contribution >= 4 is 0 Å². The number of nitriles is 1. The maximum absolute atomic E-state index is 9.06. The molecule has 0 bridgehead atoms. The normalized spacial score (nSPS) is 12.1. The summed E-state index contributed by atoms with van der Waals surface area (Å²) in [7, 11) is 1.95. The van der Waals surface area contributed by atoms with Gasteiger partial charge in [0.2, 0.25) is 0 Å². The van der Waals surface area contributed by atoms with Gasteiger partial charge in [0, 0.05) is 25.0 Å². The van der Waals surface area contributed by atoms with Crippen molar-refractivity contribution < 1.29 is 0 Å². The van der Waals surface area contributed by atoms with Gasteiger partial charge in [-0.05, 0) is 37.2 Å². The number of rotatable bonds is 4. The highest BCUT2D eigenvalue weighted by Gasteiger charge is 2.06. The minimum atomic E-state index is 0.345. The summed E-state index contributed by atoms with van der Waals surface area (Å²) in [5.41, 5.74) is 3.06. The molecule has 2 aromatic rings. The maximum atomic E-state index is 9.06. The van der Waals surface area contributed by atoms with Crippen LogP contribution in [-0.2, 0) is 6.54 Å². The molecule has 1 atom stereocenters. The first-order valence-electron chi connectivity index (χ1n) is 6.05. The van der Waals surface area contributed by atoms with Crippen LogP contribution in [0.3, 0.4) is 0 Å². The van der Waals surface area contributed by atoms with Gasteiger partial charge in [-0.2, -0.15) is 5.26 Å². The van der Waals surface area contributed by atoms with Gasteiger partial charge in [-0.25, -0.2) is 0 Å². The average Bonchev–Trinajstić information content (AvgIpc) is 2.87. The first kappa shape index (κ1) is 12.4. The third-order valence-electron chi connectivity index (χ3n) is 3.20. The second kappa shape index (κ2) is 5.52. The molecule has 0 amide bonds. The summed E-state index contributed by atoms with van der Waals surface area (Å²) >= 11 is 0. The summed E-state index contributed by atoms with van der Waals surface area (Å²) in [6, 6.07) is 12.4. The van der Waals surface area contributed by atoms with Crippen LogP contribution in [0.25, 0.3) is 0 Å². The molecular weight excluding hydrogens is 222 g/mol. The Labute approximate surface area is 108 Å². The van der Waals surface area contributed by atoms with Crippen molar-refractivity contribution in [3.05, 3.63) is 59.4 Å². The molecular formula is C15H17N3. The quantitative estimate of drug-likeness (QED) is 0.891. The van der Waals surface area contributed by atoms with Gasteiger partial charge in [0.1, 0.15) is 0 Å². The molecule has 1 heterocycles. The Morgan fingerprint density at radius 3 is 2.83 bits per heavy atom. The molecule has 92 valence electrons. The van der Waals surface area contributed by atoms with Crippen molar-refractivity contribution in [3.63, 3.8) is 0 Å². The second-order valence-electron chi connectivity index (χ2n) is 4.40. The lowest BCUT2D eigenvalue weighted by Gasteiger charge is -2.08. The summed E-state index contributed by atoms with van der Waals surface area (Å²) in [5, 5.41) is 12.3. The van der Waals surface area contributed by atoms with Gasteiger partial charge in [-0.15, -0.1) is 0 Å². The van der Waals surface area contributed by atoms with Crippen LogP contribution in [0.2, 0.25) is 0 Å². The van der Waals surface area contributed by atoms with E-state index in [1.165, 1.54) is 5.56 Å². The monoisotopic (exact) mass is 239 g/mol. The molecule has 0 radical (unpaired) electrons. The van der Waals surface area contributed by atoms with Gasteiger partial charge in [0.05, 0.1) is 11.6 Å². The fourth-order valence-electron chi connectivity index (χ4n) is 1.94. The van der Waals surface area contributed by atoms with Gasteiger partial charge in [0.25, 0.3) is 0 Å². The molecule has 1 aromatic heterocycles. The minimum Gasteiger partial charge on any atom is -0.350 e. The Kier molecular flexibility index (Phi) is 3.81. The molecule has 0 aliphatic rings. The van der Waals surface area contributed by atoms with E-state index < -0.39 is 0 Å². The minimum absolute atomic E-state index is 0.345. The van der Waals surface area contributed by atoms with Crippen LogP contribution in [0.5, 0.6) is 0 Å². The van der Waals surface area contributed by atoms with Crippen LogP contribution in [0.1, 0.15) is 29.7 Å². The maximum Gasteiger partial charge on any atom is 0.0995 e. The average molecular weight is 239 g/mol. The summed E-state index contributed by atoms with van der Waals surface area (Å²) in [5.74, 6) is 0. The lowest BCUT2D eigenvalue weighted by molar-refractivity contribution is 0.649. The third-order valence-corrected chi connectivity index (χ3v) is 3.20. The third kappa shape index (κ3) is 2.61. The van der Waals surface area contributed by atoms with E-state index in [4.69, 9.17) is 5.26 Å². The molecule has 1 unspecified atom stereocenters. The van der Waals surface area contributed by atoms with E-state index >= 15 is 0 Å². The first-order valence-corrected chi connectivity index (χ1v) is 6.05. The predicted molar refractivity (Wildman–Crippen MR) is 72.2 cm³/mol. The zero-order chi connectivity index (χ0) is 13.0. The zero-order valence-corrected chi connectivity index (χ0v) is 10.7. The Balaban J connectivity index is 2.19. The molecule has 1 aromatic carbocycles. The van der Waals surface area contributed by atoms with Crippen LogP contribution in [-0.4, -0.2) is 11.6 Å². The van der Waals surface area contributed by atoms with Crippen LogP contribution in [0.4, 0.5) is 0 Å². The van der Waals surface area contributed by atoms with Gasteiger partial charge < -0.3 is 9.88 Å². The van der Waals surface area contributed by atoms with Crippen LogP contribution < -0.4 is 5.32 Å². The number of hydrogen-bond acceptors (Lipinski definition) is 2. The van der Waals surface area contributed by atoms with Crippen molar-refractivity contribution in [3.8, 4) is 6.07 Å². The lowest BCUT2D eigenvalue weighted by Crippen LogP contribution is -2.11. The molecule has 0 aliphatic carbocycles. The zero-order valence-electron chi connectivity index (χ0n) is 10.7. The summed E-state index contributed by atoms with van der Waals surface area (Å²) < 4.78 is 2.11. The van der Waals surface area contributed by atoms with E-state index in [1.54, 1.807) is 0 Å². The summed E-state index contributed by atoms with van der Waals surface area (Å²) in [4.78, 5) is 0. The van der Waals surface area contributed by atoms with Crippen LogP contribution in [0, 0.1) is 11.3 Å². The summed E-state index contributed by atoms with van der Waals surface area (Å²) in [6.45, 7) is 2.86. The topological polar surface area (TPSA) is 40.8 Å². The molecule has 0 saturated carbocycles. The van der Waals surface area contributed by atoms with Crippen LogP contribution in [0.15, 0.2) is 42.7 Å². The number of nitrogens with zero attached hydrogens (tertiary/aromatic N) is 2. The largest absolute Gasteiger partial charge is 0.350 e. The van der Waals surface area contributed by atoms with Crippen LogP contribution >= 0.6 is 0 Å². The Morgan fingerprint density at radius 2 is 2.11 bits per heavy atom. The Hall–Kier alpha value is -2.05. The fourth-order valence-corrected chi connectivity index (χ4v) is 1.94. The number of hydrogen-bond donors (Lipinski definition) is 1. The molecule has 0 saturated heterocycles. The Morgan fingerprint density at radius 1 is 1.33 bits per heavy atom. The van der Waals surface area contributed by atoms with Gasteiger partial charge >= 0.3 is 0 Å². The molecule has 2 rings (SSSR count). The molecule has 3 heteroatoms. The van der Waals surface area contributed by atoms with E-state index in [0.29, 0.717) is 6.04 Å². The van der Waals surface area contributed by atoms with Crippen molar-refractivity contribution in [1.29, 1.82) is 5.26 Å². The van der Waals surface area contributed by atoms with Crippen molar-refractivity contribution in [1.82, 2.24) is 9.88 Å². The van der Waals surface area contributed by atoms with E-state index in [-0.39, 0.29) is 0 Å². The molecule has 0 spiro atoms. The van der Waals surface area contributed by atoms with Crippen molar-refractivity contribution in [2.45, 2.75) is 19.5 Å². The number of nitrogens with one attached hydrogen (secondary N) is 1. The van der Waals surface area contributed by atoms with E-state index in [2.05, 4.69) is 41.3 Å². The number of benzene rings is 1. The highest BCUT2D eigenvalue weighted by atomic mass is 14.9. The van der Waals surface area contributed by atoms with Crippen molar-refractivity contribution in [2.75, 3.05) is 7.05 Å². The molecule has 1 N–H and O–H groups in total. The molecule has 0 aliphatic heterocycles. The van der Waals surface area contributed by atoms with Gasteiger partial charge in [-0.3, -0.25) is 0 Å². The molecule has 18 heavy (non-hydrogen) atoms. The smallest absolute Gasteiger partial charge is 0.0995 e.